The Bertz CT molecular complexity index is 813. The number of rotatable bonds is 9. The highest BCUT2D eigenvalue weighted by atomic mass is 16.5. The third-order valence-corrected chi connectivity index (χ3v) is 5.25. The Morgan fingerprint density at radius 3 is 2.17 bits per heavy atom. The molecule has 29 heavy (non-hydrogen) atoms. The van der Waals surface area contributed by atoms with E-state index >= 15 is 0 Å². The molecule has 1 N–H and O–H groups in total. The van der Waals surface area contributed by atoms with Gasteiger partial charge in [0, 0.05) is 24.5 Å². The zero-order valence-electron chi connectivity index (χ0n) is 18.1. The minimum Gasteiger partial charge on any atom is -0.449 e. The number of hydrogen-bond donors (Lipinski definition) is 1. The number of carbonyl (C=O) groups is 2. The summed E-state index contributed by atoms with van der Waals surface area (Å²) in [5.74, 6) is -0.517. The zero-order valence-corrected chi connectivity index (χ0v) is 18.1. The molecular weight excluding hydrogens is 364 g/mol. The molecule has 2 aromatic rings. The minimum absolute atomic E-state index is 0.327. The van der Waals surface area contributed by atoms with Crippen LogP contribution in [0.4, 0.5) is 11.4 Å². The quantitative estimate of drug-likeness (QED) is 0.590. The zero-order chi connectivity index (χ0) is 21.4. The predicted molar refractivity (Wildman–Crippen MR) is 119 cm³/mol. The Balaban J connectivity index is 2.02. The van der Waals surface area contributed by atoms with Gasteiger partial charge < -0.3 is 15.0 Å². The molecule has 0 saturated carbocycles. The molecule has 0 spiro atoms. The predicted octanol–water partition coefficient (Wildman–Crippen LogP) is 5.23. The van der Waals surface area contributed by atoms with Gasteiger partial charge in [-0.25, -0.2) is 4.79 Å². The molecule has 2 atom stereocenters. The SMILES string of the molecule is CC[C@H](C)c1ccccc1NC(=O)[C@H](C)OC(=O)c1ccc(N(CC)CC)cc1. The summed E-state index contributed by atoms with van der Waals surface area (Å²) in [6.07, 6.45) is 0.0796. The second-order valence-corrected chi connectivity index (χ2v) is 7.15. The lowest BCUT2D eigenvalue weighted by Gasteiger charge is -2.21. The summed E-state index contributed by atoms with van der Waals surface area (Å²) in [7, 11) is 0. The largest absolute Gasteiger partial charge is 0.449 e. The van der Waals surface area contributed by atoms with Gasteiger partial charge in [0.2, 0.25) is 0 Å². The number of nitrogens with one attached hydrogen (secondary N) is 1. The lowest BCUT2D eigenvalue weighted by atomic mass is 9.97. The fourth-order valence-electron chi connectivity index (χ4n) is 3.17. The van der Waals surface area contributed by atoms with Crippen LogP contribution in [0.15, 0.2) is 48.5 Å². The average Bonchev–Trinajstić information content (AvgIpc) is 2.74. The fourth-order valence-corrected chi connectivity index (χ4v) is 3.17. The van der Waals surface area contributed by atoms with E-state index in [1.165, 1.54) is 0 Å². The van der Waals surface area contributed by atoms with Crippen molar-refractivity contribution in [2.75, 3.05) is 23.3 Å². The standard InChI is InChI=1S/C24H32N2O3/c1-6-17(4)21-11-9-10-12-22(21)25-23(27)18(5)29-24(28)19-13-15-20(16-14-19)26(7-2)8-3/h9-18H,6-8H2,1-5H3,(H,25,27)/t17-,18-/m0/s1. The van der Waals surface area contributed by atoms with Crippen molar-refractivity contribution >= 4 is 23.3 Å². The maximum absolute atomic E-state index is 12.6. The van der Waals surface area contributed by atoms with E-state index in [9.17, 15) is 9.59 Å². The molecule has 5 nitrogen and oxygen atoms in total. The normalized spacial score (nSPS) is 12.7. The van der Waals surface area contributed by atoms with Crippen LogP contribution < -0.4 is 10.2 Å². The first-order valence-electron chi connectivity index (χ1n) is 10.4. The van der Waals surface area contributed by atoms with Gasteiger partial charge >= 0.3 is 5.97 Å². The first-order valence-corrected chi connectivity index (χ1v) is 10.4. The smallest absolute Gasteiger partial charge is 0.338 e. The molecule has 0 aliphatic carbocycles. The first-order chi connectivity index (χ1) is 13.9. The van der Waals surface area contributed by atoms with Crippen molar-refractivity contribution in [2.45, 2.75) is 53.1 Å². The lowest BCUT2D eigenvalue weighted by Crippen LogP contribution is -2.30. The number of para-hydroxylation sites is 1. The summed E-state index contributed by atoms with van der Waals surface area (Å²) in [6.45, 7) is 11.8. The highest BCUT2D eigenvalue weighted by Gasteiger charge is 2.20. The number of nitrogens with zero attached hydrogens (tertiary/aromatic N) is 1. The van der Waals surface area contributed by atoms with E-state index < -0.39 is 12.1 Å². The molecule has 0 aromatic heterocycles. The van der Waals surface area contributed by atoms with E-state index in [2.05, 4.69) is 37.9 Å². The van der Waals surface area contributed by atoms with Crippen LogP contribution in [-0.2, 0) is 9.53 Å². The minimum atomic E-state index is -0.894. The third kappa shape index (κ3) is 5.83. The molecule has 0 saturated heterocycles. The van der Waals surface area contributed by atoms with Crippen LogP contribution in [0.1, 0.15) is 62.9 Å². The fraction of sp³-hybridized carbons (Fsp3) is 0.417. The number of anilines is 2. The summed E-state index contributed by atoms with van der Waals surface area (Å²) in [5.41, 5.74) is 3.33. The maximum Gasteiger partial charge on any atom is 0.338 e. The van der Waals surface area contributed by atoms with Gasteiger partial charge in [-0.05, 0) is 69.0 Å². The summed E-state index contributed by atoms with van der Waals surface area (Å²) >= 11 is 0. The average molecular weight is 397 g/mol. The summed E-state index contributed by atoms with van der Waals surface area (Å²) < 4.78 is 5.39. The van der Waals surface area contributed by atoms with Crippen molar-refractivity contribution in [1.82, 2.24) is 0 Å². The van der Waals surface area contributed by atoms with Crippen LogP contribution in [0.2, 0.25) is 0 Å². The van der Waals surface area contributed by atoms with Crippen LogP contribution in [0, 0.1) is 0 Å². The van der Waals surface area contributed by atoms with Crippen LogP contribution in [0.5, 0.6) is 0 Å². The van der Waals surface area contributed by atoms with Gasteiger partial charge in [0.15, 0.2) is 6.10 Å². The van der Waals surface area contributed by atoms with E-state index in [1.54, 1.807) is 19.1 Å². The van der Waals surface area contributed by atoms with Crippen molar-refractivity contribution in [3.8, 4) is 0 Å². The number of amides is 1. The van der Waals surface area contributed by atoms with Crippen molar-refractivity contribution in [1.29, 1.82) is 0 Å². The number of hydrogen-bond acceptors (Lipinski definition) is 4. The molecule has 0 heterocycles. The summed E-state index contributed by atoms with van der Waals surface area (Å²) in [5, 5.41) is 2.90. The van der Waals surface area contributed by atoms with Crippen molar-refractivity contribution in [2.24, 2.45) is 0 Å². The molecule has 0 fully saturated rings. The third-order valence-electron chi connectivity index (χ3n) is 5.25. The molecule has 0 radical (unpaired) electrons. The number of ether oxygens (including phenoxy) is 1. The number of esters is 1. The highest BCUT2D eigenvalue weighted by Crippen LogP contribution is 2.26. The molecule has 0 bridgehead atoms. The van der Waals surface area contributed by atoms with E-state index in [0.717, 1.165) is 36.4 Å². The van der Waals surface area contributed by atoms with Gasteiger partial charge in [0.05, 0.1) is 5.56 Å². The Labute approximate surface area is 174 Å². The molecule has 156 valence electrons. The van der Waals surface area contributed by atoms with Gasteiger partial charge in [-0.1, -0.05) is 32.0 Å². The molecule has 2 rings (SSSR count). The molecular formula is C24H32N2O3. The molecule has 0 aliphatic heterocycles. The van der Waals surface area contributed by atoms with Gasteiger partial charge in [0.25, 0.3) is 5.91 Å². The topological polar surface area (TPSA) is 58.6 Å². The van der Waals surface area contributed by atoms with E-state index in [0.29, 0.717) is 11.5 Å². The van der Waals surface area contributed by atoms with E-state index in [1.807, 2.05) is 36.4 Å². The molecule has 0 aliphatic rings. The summed E-state index contributed by atoms with van der Waals surface area (Å²) in [6, 6.07) is 15.0. The van der Waals surface area contributed by atoms with Gasteiger partial charge in [-0.2, -0.15) is 0 Å². The number of benzene rings is 2. The molecule has 2 aromatic carbocycles. The van der Waals surface area contributed by atoms with Crippen LogP contribution in [-0.4, -0.2) is 31.1 Å². The van der Waals surface area contributed by atoms with Crippen molar-refractivity contribution in [3.05, 3.63) is 59.7 Å². The first kappa shape index (κ1) is 22.5. The monoisotopic (exact) mass is 396 g/mol. The van der Waals surface area contributed by atoms with E-state index in [-0.39, 0.29) is 5.91 Å². The summed E-state index contributed by atoms with van der Waals surface area (Å²) in [4.78, 5) is 27.2. The van der Waals surface area contributed by atoms with Crippen LogP contribution in [0.25, 0.3) is 0 Å². The Kier molecular flexibility index (Phi) is 8.25. The van der Waals surface area contributed by atoms with Crippen LogP contribution >= 0.6 is 0 Å². The van der Waals surface area contributed by atoms with Gasteiger partial charge in [-0.15, -0.1) is 0 Å². The second kappa shape index (κ2) is 10.6. The lowest BCUT2D eigenvalue weighted by molar-refractivity contribution is -0.123. The Morgan fingerprint density at radius 1 is 0.966 bits per heavy atom. The molecule has 5 heteroatoms. The highest BCUT2D eigenvalue weighted by molar-refractivity contribution is 5.97. The second-order valence-electron chi connectivity index (χ2n) is 7.15. The van der Waals surface area contributed by atoms with Crippen LogP contribution in [0.3, 0.4) is 0 Å². The molecule has 1 amide bonds. The van der Waals surface area contributed by atoms with Crippen molar-refractivity contribution in [3.63, 3.8) is 0 Å². The number of carbonyl (C=O) groups excluding carboxylic acids is 2. The van der Waals surface area contributed by atoms with E-state index in [4.69, 9.17) is 4.74 Å². The van der Waals surface area contributed by atoms with Crippen molar-refractivity contribution < 1.29 is 14.3 Å². The molecule has 0 unspecified atom stereocenters. The van der Waals surface area contributed by atoms with Gasteiger partial charge in [0.1, 0.15) is 0 Å². The maximum atomic E-state index is 12.6. The van der Waals surface area contributed by atoms with Gasteiger partial charge in [-0.3, -0.25) is 4.79 Å². The Morgan fingerprint density at radius 2 is 1.59 bits per heavy atom. The Hall–Kier alpha value is -2.82.